The summed E-state index contributed by atoms with van der Waals surface area (Å²) < 4.78 is 24.6. The summed E-state index contributed by atoms with van der Waals surface area (Å²) in [6, 6.07) is 8.57. The molecular formula is C18H25N3O3S. The lowest BCUT2D eigenvalue weighted by molar-refractivity contribution is 0.0953. The Morgan fingerprint density at radius 3 is 2.28 bits per heavy atom. The highest BCUT2D eigenvalue weighted by Crippen LogP contribution is 2.20. The van der Waals surface area contributed by atoms with Gasteiger partial charge in [0, 0.05) is 24.0 Å². The predicted molar refractivity (Wildman–Crippen MR) is 98.1 cm³/mol. The predicted octanol–water partition coefficient (Wildman–Crippen LogP) is 2.31. The largest absolute Gasteiger partial charge is 0.352 e. The Morgan fingerprint density at radius 2 is 1.80 bits per heavy atom. The number of aromatic nitrogens is 1. The standard InChI is InChI=1S/C18H25N3O3S/c1-12(2)21-13(3)11-17(14(21)4)18(22)20-10-9-15-5-7-16(8-6-15)25(19,23)24/h5-8,11-12H,9-10H2,1-4H3,(H,20,22)(H2,19,23,24). The second-order valence-electron chi connectivity index (χ2n) is 6.44. The molecule has 1 aromatic carbocycles. The van der Waals surface area contributed by atoms with Gasteiger partial charge in [0.2, 0.25) is 10.0 Å². The Hall–Kier alpha value is -2.12. The monoisotopic (exact) mass is 363 g/mol. The van der Waals surface area contributed by atoms with Crippen LogP contribution in [0, 0.1) is 13.8 Å². The van der Waals surface area contributed by atoms with Crippen molar-refractivity contribution < 1.29 is 13.2 Å². The molecule has 0 unspecified atom stereocenters. The number of hydrogen-bond donors (Lipinski definition) is 2. The van der Waals surface area contributed by atoms with Gasteiger partial charge >= 0.3 is 0 Å². The van der Waals surface area contributed by atoms with Crippen molar-refractivity contribution in [1.29, 1.82) is 0 Å². The molecule has 0 saturated heterocycles. The lowest BCUT2D eigenvalue weighted by Gasteiger charge is -2.13. The number of hydrogen-bond acceptors (Lipinski definition) is 3. The summed E-state index contributed by atoms with van der Waals surface area (Å²) >= 11 is 0. The van der Waals surface area contributed by atoms with Crippen LogP contribution in [0.15, 0.2) is 35.2 Å². The van der Waals surface area contributed by atoms with Crippen molar-refractivity contribution in [2.45, 2.75) is 45.1 Å². The second-order valence-corrected chi connectivity index (χ2v) is 8.00. The summed E-state index contributed by atoms with van der Waals surface area (Å²) in [7, 11) is -3.68. The quantitative estimate of drug-likeness (QED) is 0.824. The number of carbonyl (C=O) groups is 1. The van der Waals surface area contributed by atoms with Gasteiger partial charge < -0.3 is 9.88 Å². The number of amides is 1. The second kappa shape index (κ2) is 7.41. The topological polar surface area (TPSA) is 94.2 Å². The van der Waals surface area contributed by atoms with Gasteiger partial charge in [-0.1, -0.05) is 12.1 Å². The molecule has 0 atom stereocenters. The molecular weight excluding hydrogens is 338 g/mol. The third kappa shape index (κ3) is 4.49. The molecule has 1 aromatic heterocycles. The van der Waals surface area contributed by atoms with Crippen molar-refractivity contribution in [2.75, 3.05) is 6.54 Å². The maximum Gasteiger partial charge on any atom is 0.253 e. The highest BCUT2D eigenvalue weighted by Gasteiger charge is 2.16. The smallest absolute Gasteiger partial charge is 0.253 e. The molecule has 0 aliphatic heterocycles. The van der Waals surface area contributed by atoms with E-state index >= 15 is 0 Å². The van der Waals surface area contributed by atoms with Gasteiger partial charge in [-0.2, -0.15) is 0 Å². The van der Waals surface area contributed by atoms with Crippen LogP contribution >= 0.6 is 0 Å². The van der Waals surface area contributed by atoms with Crippen LogP contribution in [0.1, 0.15) is 47.2 Å². The number of rotatable bonds is 6. The first-order valence-electron chi connectivity index (χ1n) is 8.19. The molecule has 0 fully saturated rings. The van der Waals surface area contributed by atoms with Crippen LogP contribution in [0.2, 0.25) is 0 Å². The van der Waals surface area contributed by atoms with Crippen molar-refractivity contribution in [2.24, 2.45) is 5.14 Å². The van der Waals surface area contributed by atoms with E-state index < -0.39 is 10.0 Å². The highest BCUT2D eigenvalue weighted by molar-refractivity contribution is 7.89. The Bertz CT molecular complexity index is 866. The van der Waals surface area contributed by atoms with Crippen molar-refractivity contribution >= 4 is 15.9 Å². The third-order valence-electron chi connectivity index (χ3n) is 4.20. The first-order chi connectivity index (χ1) is 11.6. The van der Waals surface area contributed by atoms with Crippen LogP contribution in [0.25, 0.3) is 0 Å². The zero-order valence-electron chi connectivity index (χ0n) is 15.0. The summed E-state index contributed by atoms with van der Waals surface area (Å²) in [5.41, 5.74) is 3.65. The minimum atomic E-state index is -3.68. The summed E-state index contributed by atoms with van der Waals surface area (Å²) in [6.45, 7) is 8.60. The zero-order chi connectivity index (χ0) is 18.8. The van der Waals surface area contributed by atoms with Crippen LogP contribution in [0.3, 0.4) is 0 Å². The molecule has 0 radical (unpaired) electrons. The maximum atomic E-state index is 12.4. The average Bonchev–Trinajstić information content (AvgIpc) is 2.81. The number of nitrogens with two attached hydrogens (primary N) is 1. The molecule has 3 N–H and O–H groups in total. The number of carbonyl (C=O) groups excluding carboxylic acids is 1. The molecule has 25 heavy (non-hydrogen) atoms. The molecule has 6 nitrogen and oxygen atoms in total. The van der Waals surface area contributed by atoms with E-state index in [1.54, 1.807) is 12.1 Å². The lowest BCUT2D eigenvalue weighted by Crippen LogP contribution is -2.26. The maximum absolute atomic E-state index is 12.4. The van der Waals surface area contributed by atoms with Crippen LogP contribution < -0.4 is 10.5 Å². The Kier molecular flexibility index (Phi) is 5.69. The molecule has 0 saturated carbocycles. The first-order valence-corrected chi connectivity index (χ1v) is 9.74. The van der Waals surface area contributed by atoms with Crippen LogP contribution in [0.5, 0.6) is 0 Å². The molecule has 2 rings (SSSR count). The summed E-state index contributed by atoms with van der Waals surface area (Å²) in [4.78, 5) is 12.5. The van der Waals surface area contributed by atoms with Gasteiger partial charge in [0.15, 0.2) is 0 Å². The van der Waals surface area contributed by atoms with Crippen LogP contribution in [0.4, 0.5) is 0 Å². The van der Waals surface area contributed by atoms with E-state index in [-0.39, 0.29) is 10.8 Å². The van der Waals surface area contributed by atoms with Gasteiger partial charge in [0.1, 0.15) is 0 Å². The fourth-order valence-corrected chi connectivity index (χ4v) is 3.58. The summed E-state index contributed by atoms with van der Waals surface area (Å²) in [5.74, 6) is -0.0962. The third-order valence-corrected chi connectivity index (χ3v) is 5.13. The molecule has 0 aliphatic rings. The van der Waals surface area contributed by atoms with Crippen molar-refractivity contribution in [3.63, 3.8) is 0 Å². The van der Waals surface area contributed by atoms with Crippen molar-refractivity contribution in [3.05, 3.63) is 52.8 Å². The average molecular weight is 363 g/mol. The van der Waals surface area contributed by atoms with Crippen molar-refractivity contribution in [3.8, 4) is 0 Å². The molecule has 0 aliphatic carbocycles. The van der Waals surface area contributed by atoms with Gasteiger partial charge in [-0.3, -0.25) is 4.79 Å². The van der Waals surface area contributed by atoms with Gasteiger partial charge in [0.25, 0.3) is 5.91 Å². The molecule has 7 heteroatoms. The van der Waals surface area contributed by atoms with E-state index in [4.69, 9.17) is 5.14 Å². The summed E-state index contributed by atoms with van der Waals surface area (Å²) in [6.07, 6.45) is 0.611. The van der Waals surface area contributed by atoms with Crippen LogP contribution in [-0.4, -0.2) is 25.4 Å². The fraction of sp³-hybridized carbons (Fsp3) is 0.389. The van der Waals surface area contributed by atoms with E-state index in [0.717, 1.165) is 17.0 Å². The summed E-state index contributed by atoms with van der Waals surface area (Å²) in [5, 5.41) is 7.99. The van der Waals surface area contributed by atoms with Gasteiger partial charge in [-0.25, -0.2) is 13.6 Å². The van der Waals surface area contributed by atoms with Crippen LogP contribution in [-0.2, 0) is 16.4 Å². The highest BCUT2D eigenvalue weighted by atomic mass is 32.2. The number of nitrogens with one attached hydrogen (secondary N) is 1. The van der Waals surface area contributed by atoms with Gasteiger partial charge in [-0.05, 0) is 57.9 Å². The first kappa shape index (κ1) is 19.2. The van der Waals surface area contributed by atoms with E-state index in [9.17, 15) is 13.2 Å². The minimum absolute atomic E-state index is 0.0846. The number of primary sulfonamides is 1. The molecule has 0 spiro atoms. The lowest BCUT2D eigenvalue weighted by atomic mass is 10.1. The molecule has 136 valence electrons. The Labute approximate surface area is 149 Å². The van der Waals surface area contributed by atoms with E-state index in [0.29, 0.717) is 24.6 Å². The molecule has 1 heterocycles. The Morgan fingerprint density at radius 1 is 1.20 bits per heavy atom. The van der Waals surface area contributed by atoms with Gasteiger partial charge in [0.05, 0.1) is 10.5 Å². The number of sulfonamides is 1. The number of aryl methyl sites for hydroxylation is 1. The molecule has 0 bridgehead atoms. The normalized spacial score (nSPS) is 11.8. The van der Waals surface area contributed by atoms with Gasteiger partial charge in [-0.15, -0.1) is 0 Å². The molecule has 1 amide bonds. The number of benzene rings is 1. The minimum Gasteiger partial charge on any atom is -0.352 e. The van der Waals surface area contributed by atoms with Crippen molar-refractivity contribution in [1.82, 2.24) is 9.88 Å². The molecule has 2 aromatic rings. The zero-order valence-corrected chi connectivity index (χ0v) is 15.9. The SMILES string of the molecule is Cc1cc(C(=O)NCCc2ccc(S(N)(=O)=O)cc2)c(C)n1C(C)C. The fourth-order valence-electron chi connectivity index (χ4n) is 3.06. The van der Waals surface area contributed by atoms with E-state index in [2.05, 4.69) is 23.7 Å². The van der Waals surface area contributed by atoms with E-state index in [1.165, 1.54) is 12.1 Å². The number of nitrogens with zero attached hydrogens (tertiary/aromatic N) is 1. The Balaban J connectivity index is 1.98. The van der Waals surface area contributed by atoms with E-state index in [1.807, 2.05) is 19.9 Å².